The molecule has 0 atom stereocenters. The molecule has 0 aromatic heterocycles. The lowest BCUT2D eigenvalue weighted by Gasteiger charge is -2.22. The summed E-state index contributed by atoms with van der Waals surface area (Å²) in [4.78, 5) is 5.08. The monoisotopic (exact) mass is 423 g/mol. The van der Waals surface area contributed by atoms with Gasteiger partial charge in [0.25, 0.3) is 0 Å². The minimum atomic E-state index is 0.733. The van der Waals surface area contributed by atoms with E-state index in [2.05, 4.69) is 52.2 Å². The second kappa shape index (κ2) is 21.5. The smallest absolute Gasteiger partial charge is 0.191 e. The Kier molecular flexibility index (Phi) is 21.0. The zero-order chi connectivity index (χ0) is 22.5. The topological polar surface area (TPSA) is 36.4 Å². The molecular formula is C27H57N3. The summed E-state index contributed by atoms with van der Waals surface area (Å²) in [6.07, 6.45) is 18.3. The average molecular weight is 424 g/mol. The van der Waals surface area contributed by atoms with Gasteiger partial charge in [-0.3, -0.25) is 4.99 Å². The summed E-state index contributed by atoms with van der Waals surface area (Å²) >= 11 is 0. The molecule has 180 valence electrons. The van der Waals surface area contributed by atoms with Crippen LogP contribution >= 0.6 is 0 Å². The van der Waals surface area contributed by atoms with E-state index in [1.807, 2.05) is 0 Å². The number of aliphatic imine (C=N–C) groups is 1. The van der Waals surface area contributed by atoms with Crippen molar-refractivity contribution in [2.75, 3.05) is 19.6 Å². The van der Waals surface area contributed by atoms with E-state index in [4.69, 9.17) is 4.99 Å². The lowest BCUT2D eigenvalue weighted by molar-refractivity contribution is 0.406. The highest BCUT2D eigenvalue weighted by Gasteiger charge is 2.13. The number of unbranched alkanes of at least 4 members (excludes halogenated alkanes) is 2. The number of nitrogens with one attached hydrogen (secondary N) is 2. The van der Waals surface area contributed by atoms with E-state index in [0.717, 1.165) is 43.3 Å². The maximum Gasteiger partial charge on any atom is 0.191 e. The van der Waals surface area contributed by atoms with Crippen molar-refractivity contribution in [1.29, 1.82) is 0 Å². The first-order valence-corrected chi connectivity index (χ1v) is 13.7. The summed E-state index contributed by atoms with van der Waals surface area (Å²) in [5.74, 6) is 3.35. The Bertz CT molecular complexity index is 360. The van der Waals surface area contributed by atoms with Crippen molar-refractivity contribution >= 4 is 5.96 Å². The standard InChI is InChI=1S/C27H57N3/c1-7-13-19-26(20-14-8-2)23-30-27(28-21-24(15-9-3)16-10-4)29-22-25(17-11-5)18-12-6/h24-26H,7-23H2,1-6H3,(H2,28,29,30). The maximum atomic E-state index is 5.08. The molecule has 2 N–H and O–H groups in total. The zero-order valence-electron chi connectivity index (χ0n) is 21.7. The third kappa shape index (κ3) is 16.0. The van der Waals surface area contributed by atoms with Gasteiger partial charge in [0.15, 0.2) is 5.96 Å². The van der Waals surface area contributed by atoms with Gasteiger partial charge in [-0.15, -0.1) is 0 Å². The highest BCUT2D eigenvalue weighted by Crippen LogP contribution is 2.16. The second-order valence-electron chi connectivity index (χ2n) is 9.49. The number of nitrogens with zero attached hydrogens (tertiary/aromatic N) is 1. The van der Waals surface area contributed by atoms with Crippen LogP contribution < -0.4 is 10.6 Å². The van der Waals surface area contributed by atoms with Gasteiger partial charge in [0.05, 0.1) is 0 Å². The van der Waals surface area contributed by atoms with E-state index < -0.39 is 0 Å². The van der Waals surface area contributed by atoms with Crippen molar-refractivity contribution in [2.24, 2.45) is 22.7 Å². The highest BCUT2D eigenvalue weighted by atomic mass is 15.2. The Morgan fingerprint density at radius 2 is 0.933 bits per heavy atom. The second-order valence-corrected chi connectivity index (χ2v) is 9.49. The molecule has 0 rings (SSSR count). The predicted molar refractivity (Wildman–Crippen MR) is 137 cm³/mol. The Morgan fingerprint density at radius 1 is 0.533 bits per heavy atom. The summed E-state index contributed by atoms with van der Waals surface area (Å²) in [6, 6.07) is 0. The fourth-order valence-corrected chi connectivity index (χ4v) is 4.52. The first-order valence-electron chi connectivity index (χ1n) is 13.7. The Morgan fingerprint density at radius 3 is 1.33 bits per heavy atom. The van der Waals surface area contributed by atoms with E-state index in [9.17, 15) is 0 Å². The molecule has 0 radical (unpaired) electrons. The van der Waals surface area contributed by atoms with Crippen molar-refractivity contribution in [2.45, 2.75) is 131 Å². The Labute approximate surface area is 190 Å². The summed E-state index contributed by atoms with van der Waals surface area (Å²) in [6.45, 7) is 16.9. The van der Waals surface area contributed by atoms with Crippen LogP contribution in [0.5, 0.6) is 0 Å². The minimum Gasteiger partial charge on any atom is -0.356 e. The van der Waals surface area contributed by atoms with Crippen molar-refractivity contribution in [3.05, 3.63) is 0 Å². The summed E-state index contributed by atoms with van der Waals surface area (Å²) in [5, 5.41) is 7.49. The normalized spacial score (nSPS) is 12.4. The predicted octanol–water partition coefficient (Wildman–Crippen LogP) is 7.95. The molecule has 0 aromatic rings. The van der Waals surface area contributed by atoms with Crippen molar-refractivity contribution < 1.29 is 0 Å². The third-order valence-corrected chi connectivity index (χ3v) is 6.34. The van der Waals surface area contributed by atoms with Crippen LogP contribution in [0.15, 0.2) is 4.99 Å². The molecule has 0 aromatic carbocycles. The molecule has 0 unspecified atom stereocenters. The molecule has 3 heteroatoms. The summed E-state index contributed by atoms with van der Waals surface area (Å²) in [7, 11) is 0. The van der Waals surface area contributed by atoms with Crippen molar-refractivity contribution in [3.63, 3.8) is 0 Å². The maximum absolute atomic E-state index is 5.08. The van der Waals surface area contributed by atoms with E-state index in [1.54, 1.807) is 0 Å². The fourth-order valence-electron chi connectivity index (χ4n) is 4.52. The van der Waals surface area contributed by atoms with Gasteiger partial charge in [-0.05, 0) is 56.3 Å². The fraction of sp³-hybridized carbons (Fsp3) is 0.963. The zero-order valence-corrected chi connectivity index (χ0v) is 21.7. The summed E-state index contributed by atoms with van der Waals surface area (Å²) in [5.41, 5.74) is 0. The highest BCUT2D eigenvalue weighted by molar-refractivity contribution is 5.79. The van der Waals surface area contributed by atoms with Crippen LogP contribution in [-0.2, 0) is 0 Å². The van der Waals surface area contributed by atoms with Gasteiger partial charge < -0.3 is 10.6 Å². The van der Waals surface area contributed by atoms with E-state index in [1.165, 1.54) is 89.9 Å². The molecule has 0 fully saturated rings. The molecule has 0 spiro atoms. The lowest BCUT2D eigenvalue weighted by Crippen LogP contribution is -2.42. The van der Waals surface area contributed by atoms with Gasteiger partial charge >= 0.3 is 0 Å². The average Bonchev–Trinajstić information content (AvgIpc) is 2.74. The van der Waals surface area contributed by atoms with Crippen LogP contribution in [0.1, 0.15) is 131 Å². The first-order chi connectivity index (χ1) is 14.6. The van der Waals surface area contributed by atoms with Crippen LogP contribution in [0.2, 0.25) is 0 Å². The molecule has 0 heterocycles. The lowest BCUT2D eigenvalue weighted by atomic mass is 9.96. The van der Waals surface area contributed by atoms with Gasteiger partial charge in [0.1, 0.15) is 0 Å². The number of guanidine groups is 1. The molecule has 0 saturated carbocycles. The van der Waals surface area contributed by atoms with E-state index in [0.29, 0.717) is 0 Å². The quantitative estimate of drug-likeness (QED) is 0.154. The van der Waals surface area contributed by atoms with Gasteiger partial charge in [0.2, 0.25) is 0 Å². The van der Waals surface area contributed by atoms with Crippen LogP contribution in [0.25, 0.3) is 0 Å². The van der Waals surface area contributed by atoms with Crippen LogP contribution in [0.3, 0.4) is 0 Å². The number of hydrogen-bond donors (Lipinski definition) is 2. The van der Waals surface area contributed by atoms with Gasteiger partial charge in [-0.25, -0.2) is 0 Å². The van der Waals surface area contributed by atoms with Crippen LogP contribution in [0.4, 0.5) is 0 Å². The van der Waals surface area contributed by atoms with Crippen molar-refractivity contribution in [3.8, 4) is 0 Å². The molecule has 30 heavy (non-hydrogen) atoms. The molecule has 3 nitrogen and oxygen atoms in total. The van der Waals surface area contributed by atoms with Crippen LogP contribution in [0, 0.1) is 17.8 Å². The van der Waals surface area contributed by atoms with Crippen LogP contribution in [-0.4, -0.2) is 25.6 Å². The SMILES string of the molecule is CCCCC(CCCC)CNC(=NCC(CCC)CCC)NCC(CCC)CCC. The van der Waals surface area contributed by atoms with Gasteiger partial charge in [-0.1, -0.05) is 92.9 Å². The van der Waals surface area contributed by atoms with E-state index in [-0.39, 0.29) is 0 Å². The first kappa shape index (κ1) is 29.3. The van der Waals surface area contributed by atoms with Gasteiger partial charge in [-0.2, -0.15) is 0 Å². The Balaban J connectivity index is 5.00. The number of hydrogen-bond acceptors (Lipinski definition) is 1. The largest absolute Gasteiger partial charge is 0.356 e. The molecule has 0 bridgehead atoms. The molecule has 0 saturated heterocycles. The molecule has 0 aliphatic rings. The van der Waals surface area contributed by atoms with Crippen molar-refractivity contribution in [1.82, 2.24) is 10.6 Å². The van der Waals surface area contributed by atoms with Gasteiger partial charge in [0, 0.05) is 19.6 Å². The van der Waals surface area contributed by atoms with E-state index >= 15 is 0 Å². The Hall–Kier alpha value is -0.730. The number of rotatable bonds is 20. The molecular weight excluding hydrogens is 366 g/mol. The molecule has 0 aliphatic heterocycles. The third-order valence-electron chi connectivity index (χ3n) is 6.34. The molecule has 0 amide bonds. The minimum absolute atomic E-state index is 0.733. The molecule has 0 aliphatic carbocycles. The summed E-state index contributed by atoms with van der Waals surface area (Å²) < 4.78 is 0.